The van der Waals surface area contributed by atoms with Crippen molar-refractivity contribution in [2.45, 2.75) is 0 Å². The van der Waals surface area contributed by atoms with Crippen LogP contribution in [0.1, 0.15) is 5.56 Å². The van der Waals surface area contributed by atoms with Gasteiger partial charge in [-0.1, -0.05) is 104 Å². The van der Waals surface area contributed by atoms with Crippen molar-refractivity contribution in [2.75, 3.05) is 0 Å². The summed E-state index contributed by atoms with van der Waals surface area (Å²) in [5.41, 5.74) is 6.58. The number of nitrogens with one attached hydrogen (secondary N) is 1. The van der Waals surface area contributed by atoms with Crippen molar-refractivity contribution in [2.24, 2.45) is 0 Å². The van der Waals surface area contributed by atoms with Crippen molar-refractivity contribution in [1.29, 1.82) is 10.7 Å². The lowest BCUT2D eigenvalue weighted by Gasteiger charge is -2.19. The summed E-state index contributed by atoms with van der Waals surface area (Å²) in [5, 5.41) is 24.0. The lowest BCUT2D eigenvalue weighted by atomic mass is 9.84. The highest BCUT2D eigenvalue weighted by molar-refractivity contribution is 6.23. The fourth-order valence-corrected chi connectivity index (χ4v) is 5.34. The molecular formula is C36H24N2. The molecule has 0 aromatic heterocycles. The molecule has 6 aromatic carbocycles. The number of rotatable bonds is 5. The van der Waals surface area contributed by atoms with Crippen LogP contribution >= 0.6 is 0 Å². The fraction of sp³-hybridized carbons (Fsp3) is 0. The third-order valence-corrected chi connectivity index (χ3v) is 7.09. The van der Waals surface area contributed by atoms with E-state index in [4.69, 9.17) is 5.41 Å². The summed E-state index contributed by atoms with van der Waals surface area (Å²) in [6.45, 7) is 4.18. The van der Waals surface area contributed by atoms with Gasteiger partial charge >= 0.3 is 0 Å². The summed E-state index contributed by atoms with van der Waals surface area (Å²) in [4.78, 5) is 0. The van der Waals surface area contributed by atoms with E-state index in [0.29, 0.717) is 5.57 Å². The second kappa shape index (κ2) is 9.65. The van der Waals surface area contributed by atoms with Crippen molar-refractivity contribution in [3.05, 3.63) is 139 Å². The molecule has 0 heterocycles. The molecule has 0 radical (unpaired) electrons. The summed E-state index contributed by atoms with van der Waals surface area (Å²) in [7, 11) is 0. The van der Waals surface area contributed by atoms with Crippen LogP contribution in [0.15, 0.2) is 133 Å². The average Bonchev–Trinajstić information content (AvgIpc) is 2.98. The van der Waals surface area contributed by atoms with Gasteiger partial charge in [-0.3, -0.25) is 0 Å². The van der Waals surface area contributed by atoms with Crippen molar-refractivity contribution in [3.63, 3.8) is 0 Å². The van der Waals surface area contributed by atoms with E-state index in [1.807, 2.05) is 18.2 Å². The summed E-state index contributed by atoms with van der Waals surface area (Å²) >= 11 is 0. The summed E-state index contributed by atoms with van der Waals surface area (Å²) in [6.07, 6.45) is 2.72. The van der Waals surface area contributed by atoms with Crippen molar-refractivity contribution in [1.82, 2.24) is 0 Å². The van der Waals surface area contributed by atoms with Gasteiger partial charge in [-0.2, -0.15) is 5.26 Å². The highest BCUT2D eigenvalue weighted by atomic mass is 14.3. The molecule has 0 spiro atoms. The topological polar surface area (TPSA) is 47.6 Å². The van der Waals surface area contributed by atoms with Gasteiger partial charge in [0.1, 0.15) is 6.07 Å². The van der Waals surface area contributed by atoms with Crippen LogP contribution in [0.2, 0.25) is 0 Å². The van der Waals surface area contributed by atoms with Gasteiger partial charge in [0.15, 0.2) is 0 Å². The first-order chi connectivity index (χ1) is 18.7. The average molecular weight is 485 g/mol. The monoisotopic (exact) mass is 484 g/mol. The maximum Gasteiger partial charge on any atom is 0.101 e. The van der Waals surface area contributed by atoms with Crippen LogP contribution < -0.4 is 0 Å². The van der Waals surface area contributed by atoms with Gasteiger partial charge < -0.3 is 5.41 Å². The predicted octanol–water partition coefficient (Wildman–Crippen LogP) is 9.59. The molecule has 1 N–H and O–H groups in total. The Morgan fingerprint density at radius 3 is 1.79 bits per heavy atom. The Kier molecular flexibility index (Phi) is 5.88. The molecule has 6 aromatic rings. The molecule has 0 aliphatic heterocycles. The molecule has 178 valence electrons. The lowest BCUT2D eigenvalue weighted by Crippen LogP contribution is -1.92. The first kappa shape index (κ1) is 23.2. The molecule has 2 nitrogen and oxygen atoms in total. The highest BCUT2D eigenvalue weighted by Crippen LogP contribution is 2.45. The molecule has 0 bridgehead atoms. The first-order valence-corrected chi connectivity index (χ1v) is 12.5. The second-order valence-corrected chi connectivity index (χ2v) is 9.37. The molecule has 0 saturated carbocycles. The lowest BCUT2D eigenvalue weighted by molar-refractivity contribution is 1.49. The minimum absolute atomic E-state index is 0.273. The molecule has 38 heavy (non-hydrogen) atoms. The molecule has 0 fully saturated rings. The van der Waals surface area contributed by atoms with E-state index in [9.17, 15) is 5.26 Å². The molecular weight excluding hydrogens is 460 g/mol. The summed E-state index contributed by atoms with van der Waals surface area (Å²) in [6, 6.07) is 42.7. The number of nitrogens with zero attached hydrogens (tertiary/aromatic N) is 1. The van der Waals surface area contributed by atoms with Gasteiger partial charge in [0.25, 0.3) is 0 Å². The first-order valence-electron chi connectivity index (χ1n) is 12.5. The summed E-state index contributed by atoms with van der Waals surface area (Å²) < 4.78 is 0. The van der Waals surface area contributed by atoms with Crippen LogP contribution in [-0.2, 0) is 0 Å². The van der Waals surface area contributed by atoms with Gasteiger partial charge in [0, 0.05) is 6.21 Å². The van der Waals surface area contributed by atoms with Crippen LogP contribution in [0, 0.1) is 16.7 Å². The molecule has 0 amide bonds. The number of fused-ring (bicyclic) bond motifs is 3. The van der Waals surface area contributed by atoms with E-state index in [2.05, 4.69) is 110 Å². The molecule has 0 unspecified atom stereocenters. The zero-order valence-corrected chi connectivity index (χ0v) is 20.8. The molecule has 0 aliphatic rings. The molecule has 0 atom stereocenters. The molecule has 0 saturated heterocycles. The molecule has 2 heteroatoms. The predicted molar refractivity (Wildman–Crippen MR) is 161 cm³/mol. The SMILES string of the molecule is C=C(/C=C(/C#N)C=N)c1cccc(-c2c3ccccc3c(-c3ccccc3)c3cc4ccccc4cc23)c1. The Balaban J connectivity index is 1.72. The van der Waals surface area contributed by atoms with E-state index in [-0.39, 0.29) is 5.57 Å². The Morgan fingerprint density at radius 1 is 0.632 bits per heavy atom. The Morgan fingerprint density at radius 2 is 1.18 bits per heavy atom. The maximum atomic E-state index is 9.29. The Hall–Kier alpha value is -5.26. The van der Waals surface area contributed by atoms with Crippen molar-refractivity contribution >= 4 is 44.1 Å². The number of nitriles is 1. The van der Waals surface area contributed by atoms with Crippen LogP contribution in [-0.4, -0.2) is 6.21 Å². The minimum Gasteiger partial charge on any atom is -0.307 e. The van der Waals surface area contributed by atoms with Crippen LogP contribution in [0.4, 0.5) is 0 Å². The maximum absolute atomic E-state index is 9.29. The van der Waals surface area contributed by atoms with E-state index in [1.54, 1.807) is 6.08 Å². The normalized spacial score (nSPS) is 11.5. The second-order valence-electron chi connectivity index (χ2n) is 9.37. The van der Waals surface area contributed by atoms with Gasteiger partial charge in [0.2, 0.25) is 0 Å². The quantitative estimate of drug-likeness (QED) is 0.113. The number of benzene rings is 6. The standard InChI is InChI=1S/C36H24N2/c1-24(18-25(22-37)23-38)27-14-9-15-30(19-27)36-32-17-8-7-16-31(32)35(26-10-3-2-4-11-26)33-20-28-12-5-6-13-29(28)21-34(33)36/h2-22,37H,1H2/b25-18+,37-22?. The number of hydrogen-bond acceptors (Lipinski definition) is 2. The van der Waals surface area contributed by atoms with Crippen molar-refractivity contribution < 1.29 is 0 Å². The van der Waals surface area contributed by atoms with Gasteiger partial charge in [-0.15, -0.1) is 0 Å². The van der Waals surface area contributed by atoms with Crippen molar-refractivity contribution in [3.8, 4) is 28.3 Å². The smallest absolute Gasteiger partial charge is 0.101 e. The highest BCUT2D eigenvalue weighted by Gasteiger charge is 2.17. The Bertz CT molecular complexity index is 1950. The summed E-state index contributed by atoms with van der Waals surface area (Å²) in [5.74, 6) is 0. The zero-order chi connectivity index (χ0) is 26.1. The fourth-order valence-electron chi connectivity index (χ4n) is 5.34. The third kappa shape index (κ3) is 3.97. The van der Waals surface area contributed by atoms with E-state index in [1.165, 1.54) is 49.0 Å². The van der Waals surface area contributed by atoms with E-state index < -0.39 is 0 Å². The minimum atomic E-state index is 0.273. The molecule has 6 rings (SSSR count). The van der Waals surface area contributed by atoms with Crippen LogP contribution in [0.3, 0.4) is 0 Å². The van der Waals surface area contributed by atoms with Gasteiger partial charge in [-0.05, 0) is 90.0 Å². The molecule has 0 aliphatic carbocycles. The van der Waals surface area contributed by atoms with Crippen LogP contribution in [0.5, 0.6) is 0 Å². The van der Waals surface area contributed by atoms with E-state index in [0.717, 1.165) is 17.3 Å². The largest absolute Gasteiger partial charge is 0.307 e. The van der Waals surface area contributed by atoms with Gasteiger partial charge in [-0.25, -0.2) is 0 Å². The van der Waals surface area contributed by atoms with Gasteiger partial charge in [0.05, 0.1) is 5.57 Å². The number of hydrogen-bond donors (Lipinski definition) is 1. The third-order valence-electron chi connectivity index (χ3n) is 7.09. The Labute approximate surface area is 221 Å². The van der Waals surface area contributed by atoms with Crippen LogP contribution in [0.25, 0.3) is 60.1 Å². The zero-order valence-electron chi connectivity index (χ0n) is 20.8. The number of allylic oxidation sites excluding steroid dienone is 3. The van der Waals surface area contributed by atoms with E-state index >= 15 is 0 Å².